The molecular formula is C28H36N4O2. The lowest BCUT2D eigenvalue weighted by Gasteiger charge is -2.40. The van der Waals surface area contributed by atoms with Crippen LogP contribution in [0, 0.1) is 0 Å². The van der Waals surface area contributed by atoms with Gasteiger partial charge in [-0.25, -0.2) is 0 Å². The molecule has 2 amide bonds. The summed E-state index contributed by atoms with van der Waals surface area (Å²) >= 11 is 0. The molecule has 2 aromatic rings. The molecule has 1 N–H and O–H groups in total. The molecular weight excluding hydrogens is 424 g/mol. The van der Waals surface area contributed by atoms with Crippen LogP contribution in [0.1, 0.15) is 54.1 Å². The lowest BCUT2D eigenvalue weighted by Crippen LogP contribution is -2.48. The number of piperidine rings is 2. The van der Waals surface area contributed by atoms with Gasteiger partial charge in [-0.1, -0.05) is 24.3 Å². The Labute approximate surface area is 202 Å². The summed E-state index contributed by atoms with van der Waals surface area (Å²) in [6.07, 6.45) is 5.14. The number of carbonyl (C=O) groups excluding carboxylic acids is 2. The van der Waals surface area contributed by atoms with E-state index >= 15 is 0 Å². The molecule has 34 heavy (non-hydrogen) atoms. The summed E-state index contributed by atoms with van der Waals surface area (Å²) in [5.41, 5.74) is 4.76. The van der Waals surface area contributed by atoms with E-state index in [1.807, 2.05) is 34.1 Å². The number of nitrogens with zero attached hydrogens (tertiary/aromatic N) is 3. The fourth-order valence-electron chi connectivity index (χ4n) is 5.73. The number of hydrogen-bond acceptors (Lipinski definition) is 4. The first-order valence-electron chi connectivity index (χ1n) is 12.8. The highest BCUT2D eigenvalue weighted by Crippen LogP contribution is 2.26. The zero-order chi connectivity index (χ0) is 23.5. The number of hydrogen-bond donors (Lipinski definition) is 1. The van der Waals surface area contributed by atoms with E-state index in [-0.39, 0.29) is 11.8 Å². The number of rotatable bonds is 4. The van der Waals surface area contributed by atoms with Gasteiger partial charge in [0.15, 0.2) is 0 Å². The molecule has 5 rings (SSSR count). The molecule has 3 heterocycles. The topological polar surface area (TPSA) is 55.9 Å². The summed E-state index contributed by atoms with van der Waals surface area (Å²) in [5.74, 6) is 0.301. The number of amides is 2. The van der Waals surface area contributed by atoms with E-state index in [0.29, 0.717) is 12.1 Å². The van der Waals surface area contributed by atoms with Gasteiger partial charge in [-0.2, -0.15) is 0 Å². The molecule has 3 aliphatic rings. The lowest BCUT2D eigenvalue weighted by molar-refractivity contribution is -0.129. The molecule has 2 aromatic carbocycles. The smallest absolute Gasteiger partial charge is 0.253 e. The van der Waals surface area contributed by atoms with E-state index in [1.54, 1.807) is 6.92 Å². The van der Waals surface area contributed by atoms with E-state index in [0.717, 1.165) is 82.6 Å². The van der Waals surface area contributed by atoms with Crippen LogP contribution in [0.15, 0.2) is 48.5 Å². The molecule has 0 bridgehead atoms. The normalized spacial score (nSPS) is 20.1. The van der Waals surface area contributed by atoms with Crippen LogP contribution in [0.5, 0.6) is 0 Å². The first kappa shape index (κ1) is 22.9. The predicted molar refractivity (Wildman–Crippen MR) is 135 cm³/mol. The standard InChI is InChI=1S/C28H36N4O2/c1-21(33)30-16-11-26(12-17-30)29-25-8-6-23(7-9-25)28(34)31-18-13-27(14-19-31)32-15-10-22-4-2-3-5-24(22)20-32/h2-9,26-27,29H,10-20H2,1H3. The molecule has 180 valence electrons. The monoisotopic (exact) mass is 460 g/mol. The van der Waals surface area contributed by atoms with Gasteiger partial charge in [-0.15, -0.1) is 0 Å². The largest absolute Gasteiger partial charge is 0.382 e. The summed E-state index contributed by atoms with van der Waals surface area (Å²) in [6.45, 7) is 7.08. The van der Waals surface area contributed by atoms with Crippen LogP contribution in [-0.2, 0) is 17.8 Å². The molecule has 2 fully saturated rings. The highest BCUT2D eigenvalue weighted by molar-refractivity contribution is 5.94. The maximum Gasteiger partial charge on any atom is 0.253 e. The Kier molecular flexibility index (Phi) is 6.86. The van der Waals surface area contributed by atoms with Crippen LogP contribution in [0.3, 0.4) is 0 Å². The maximum atomic E-state index is 13.1. The van der Waals surface area contributed by atoms with E-state index in [4.69, 9.17) is 0 Å². The SMILES string of the molecule is CC(=O)N1CCC(Nc2ccc(C(=O)N3CCC(N4CCc5ccccc5C4)CC3)cc2)CC1. The van der Waals surface area contributed by atoms with Gasteiger partial charge in [0.2, 0.25) is 5.91 Å². The fourth-order valence-corrected chi connectivity index (χ4v) is 5.73. The number of likely N-dealkylation sites (tertiary alicyclic amines) is 2. The van der Waals surface area contributed by atoms with Crippen molar-refractivity contribution in [2.45, 2.75) is 57.7 Å². The number of benzene rings is 2. The Morgan fingerprint density at radius 1 is 0.794 bits per heavy atom. The molecule has 2 saturated heterocycles. The minimum Gasteiger partial charge on any atom is -0.382 e. The van der Waals surface area contributed by atoms with Crippen molar-refractivity contribution in [1.29, 1.82) is 0 Å². The van der Waals surface area contributed by atoms with Crippen molar-refractivity contribution in [1.82, 2.24) is 14.7 Å². The molecule has 0 spiro atoms. The Morgan fingerprint density at radius 3 is 2.12 bits per heavy atom. The van der Waals surface area contributed by atoms with Crippen LogP contribution in [0.25, 0.3) is 0 Å². The van der Waals surface area contributed by atoms with Gasteiger partial charge in [-0.05, 0) is 67.5 Å². The first-order chi connectivity index (χ1) is 16.6. The van der Waals surface area contributed by atoms with Gasteiger partial charge in [0.05, 0.1) is 0 Å². The summed E-state index contributed by atoms with van der Waals surface area (Å²) in [7, 11) is 0. The van der Waals surface area contributed by atoms with Crippen LogP contribution in [-0.4, -0.2) is 71.3 Å². The third kappa shape index (κ3) is 5.12. The van der Waals surface area contributed by atoms with Gasteiger partial charge in [0.1, 0.15) is 0 Å². The van der Waals surface area contributed by atoms with Gasteiger partial charge in [-0.3, -0.25) is 14.5 Å². The number of fused-ring (bicyclic) bond motifs is 1. The summed E-state index contributed by atoms with van der Waals surface area (Å²) in [6, 6.07) is 17.7. The van der Waals surface area contributed by atoms with Crippen molar-refractivity contribution >= 4 is 17.5 Å². The first-order valence-corrected chi connectivity index (χ1v) is 12.8. The lowest BCUT2D eigenvalue weighted by atomic mass is 9.95. The zero-order valence-electron chi connectivity index (χ0n) is 20.2. The van der Waals surface area contributed by atoms with Gasteiger partial charge in [0.25, 0.3) is 5.91 Å². The average Bonchev–Trinajstić information content (AvgIpc) is 2.89. The van der Waals surface area contributed by atoms with E-state index in [1.165, 1.54) is 11.1 Å². The van der Waals surface area contributed by atoms with Crippen molar-refractivity contribution in [2.24, 2.45) is 0 Å². The van der Waals surface area contributed by atoms with E-state index < -0.39 is 0 Å². The summed E-state index contributed by atoms with van der Waals surface area (Å²) < 4.78 is 0. The second-order valence-electron chi connectivity index (χ2n) is 10.0. The quantitative estimate of drug-likeness (QED) is 0.755. The number of nitrogens with one attached hydrogen (secondary N) is 1. The Balaban J connectivity index is 1.10. The van der Waals surface area contributed by atoms with Gasteiger partial charge in [0, 0.05) is 69.5 Å². The highest BCUT2D eigenvalue weighted by atomic mass is 16.2. The van der Waals surface area contributed by atoms with Crippen molar-refractivity contribution in [2.75, 3.05) is 38.0 Å². The maximum absolute atomic E-state index is 13.1. The van der Waals surface area contributed by atoms with Crippen LogP contribution >= 0.6 is 0 Å². The number of anilines is 1. The van der Waals surface area contributed by atoms with Crippen LogP contribution in [0.4, 0.5) is 5.69 Å². The predicted octanol–water partition coefficient (Wildman–Crippen LogP) is 3.77. The average molecular weight is 461 g/mol. The molecule has 0 radical (unpaired) electrons. The molecule has 6 heteroatoms. The van der Waals surface area contributed by atoms with Crippen LogP contribution in [0.2, 0.25) is 0 Å². The minimum atomic E-state index is 0.142. The van der Waals surface area contributed by atoms with Gasteiger partial charge < -0.3 is 15.1 Å². The number of carbonyl (C=O) groups is 2. The van der Waals surface area contributed by atoms with E-state index in [9.17, 15) is 9.59 Å². The molecule has 6 nitrogen and oxygen atoms in total. The molecule has 0 saturated carbocycles. The Bertz CT molecular complexity index is 1010. The molecule has 0 aromatic heterocycles. The second-order valence-corrected chi connectivity index (χ2v) is 10.0. The van der Waals surface area contributed by atoms with Crippen molar-refractivity contribution in [3.05, 3.63) is 65.2 Å². The molecule has 0 aliphatic carbocycles. The molecule has 3 aliphatic heterocycles. The second kappa shape index (κ2) is 10.2. The highest BCUT2D eigenvalue weighted by Gasteiger charge is 2.29. The third-order valence-corrected chi connectivity index (χ3v) is 7.87. The molecule has 0 atom stereocenters. The van der Waals surface area contributed by atoms with Crippen molar-refractivity contribution < 1.29 is 9.59 Å². The van der Waals surface area contributed by atoms with E-state index in [2.05, 4.69) is 34.5 Å². The van der Waals surface area contributed by atoms with Crippen molar-refractivity contribution in [3.63, 3.8) is 0 Å². The zero-order valence-corrected chi connectivity index (χ0v) is 20.2. The summed E-state index contributed by atoms with van der Waals surface area (Å²) in [4.78, 5) is 31.2. The van der Waals surface area contributed by atoms with Crippen molar-refractivity contribution in [3.8, 4) is 0 Å². The fraction of sp³-hybridized carbons (Fsp3) is 0.500. The third-order valence-electron chi connectivity index (χ3n) is 7.87. The van der Waals surface area contributed by atoms with Gasteiger partial charge >= 0.3 is 0 Å². The minimum absolute atomic E-state index is 0.142. The van der Waals surface area contributed by atoms with Crippen LogP contribution < -0.4 is 5.32 Å². The molecule has 0 unspecified atom stereocenters. The Hall–Kier alpha value is -2.86. The summed E-state index contributed by atoms with van der Waals surface area (Å²) in [5, 5.41) is 3.57. The Morgan fingerprint density at radius 2 is 1.44 bits per heavy atom.